The van der Waals surface area contributed by atoms with E-state index in [2.05, 4.69) is 34.6 Å². The fraction of sp³-hybridized carbons (Fsp3) is 1.00. The van der Waals surface area contributed by atoms with E-state index in [4.69, 9.17) is 5.73 Å². The van der Waals surface area contributed by atoms with Crippen LogP contribution in [0, 0.1) is 5.41 Å². The van der Waals surface area contributed by atoms with Crippen molar-refractivity contribution in [3.63, 3.8) is 0 Å². The maximum Gasteiger partial charge on any atom is -0.00773 e. The summed E-state index contributed by atoms with van der Waals surface area (Å²) in [7, 11) is 0. The number of rotatable bonds is 13. The van der Waals surface area contributed by atoms with Gasteiger partial charge in [0.25, 0.3) is 0 Å². The van der Waals surface area contributed by atoms with Gasteiger partial charge in [-0.15, -0.1) is 0 Å². The molecule has 0 fully saturated rings. The molecule has 0 aliphatic rings. The number of hydrogen-bond acceptors (Lipinski definition) is 1. The van der Waals surface area contributed by atoms with Gasteiger partial charge in [-0.3, -0.25) is 0 Å². The van der Waals surface area contributed by atoms with Crippen LogP contribution in [0.3, 0.4) is 0 Å². The Hall–Kier alpha value is -0.0400. The molecule has 0 heterocycles. The van der Waals surface area contributed by atoms with Crippen molar-refractivity contribution in [2.24, 2.45) is 11.1 Å². The maximum atomic E-state index is 5.39. The SMILES string of the molecule is CCCCCCCC(C)(C)C.CCCCCCCCCCN. The second-order valence-electron chi connectivity index (χ2n) is 7.99. The molecule has 0 saturated carbocycles. The zero-order valence-corrected chi connectivity index (χ0v) is 16.7. The van der Waals surface area contributed by atoms with Crippen LogP contribution in [0.2, 0.25) is 0 Å². The van der Waals surface area contributed by atoms with Crippen molar-refractivity contribution in [1.29, 1.82) is 0 Å². The largest absolute Gasteiger partial charge is 0.330 e. The molecule has 1 nitrogen and oxygen atoms in total. The molecule has 0 bridgehead atoms. The Labute approximate surface area is 142 Å². The van der Waals surface area contributed by atoms with Crippen LogP contribution >= 0.6 is 0 Å². The average molecular weight is 314 g/mol. The van der Waals surface area contributed by atoms with E-state index >= 15 is 0 Å². The lowest BCUT2D eigenvalue weighted by atomic mass is 9.89. The minimum absolute atomic E-state index is 0.548. The van der Waals surface area contributed by atoms with Crippen LogP contribution in [0.4, 0.5) is 0 Å². The standard InChI is InChI=1S/C11H24.C10H23N/c1-5-6-7-8-9-10-11(2,3)4;1-2-3-4-5-6-7-8-9-10-11/h5-10H2,1-4H3;2-11H2,1H3. The first-order chi connectivity index (χ1) is 10.5. The molecule has 0 aliphatic carbocycles. The summed E-state index contributed by atoms with van der Waals surface area (Å²) in [5.74, 6) is 0. The van der Waals surface area contributed by atoms with E-state index in [0.717, 1.165) is 6.54 Å². The van der Waals surface area contributed by atoms with Gasteiger partial charge >= 0.3 is 0 Å². The minimum Gasteiger partial charge on any atom is -0.330 e. The molecule has 2 N–H and O–H groups in total. The van der Waals surface area contributed by atoms with Crippen LogP contribution < -0.4 is 5.73 Å². The summed E-state index contributed by atoms with van der Waals surface area (Å²) in [5, 5.41) is 0. The molecule has 0 aromatic carbocycles. The second-order valence-corrected chi connectivity index (χ2v) is 7.99. The normalized spacial score (nSPS) is 11.2. The highest BCUT2D eigenvalue weighted by molar-refractivity contribution is 4.60. The van der Waals surface area contributed by atoms with Gasteiger partial charge in [-0.2, -0.15) is 0 Å². The van der Waals surface area contributed by atoms with Crippen LogP contribution in [0.5, 0.6) is 0 Å². The molecule has 0 atom stereocenters. The van der Waals surface area contributed by atoms with E-state index in [1.54, 1.807) is 0 Å². The summed E-state index contributed by atoms with van der Waals surface area (Å²) in [5.41, 5.74) is 5.94. The lowest BCUT2D eigenvalue weighted by Gasteiger charge is -2.17. The van der Waals surface area contributed by atoms with Crippen LogP contribution in [0.25, 0.3) is 0 Å². The molecule has 0 aliphatic heterocycles. The highest BCUT2D eigenvalue weighted by atomic mass is 14.5. The molecule has 136 valence electrons. The molecule has 0 unspecified atom stereocenters. The smallest absolute Gasteiger partial charge is 0.00773 e. The first-order valence-corrected chi connectivity index (χ1v) is 10.2. The fourth-order valence-corrected chi connectivity index (χ4v) is 2.54. The maximum absolute atomic E-state index is 5.39. The van der Waals surface area contributed by atoms with Gasteiger partial charge in [0.2, 0.25) is 0 Å². The first-order valence-electron chi connectivity index (χ1n) is 10.2. The Morgan fingerprint density at radius 2 is 0.909 bits per heavy atom. The summed E-state index contributed by atoms with van der Waals surface area (Å²) in [6.07, 6.45) is 19.4. The molecule has 0 rings (SSSR count). The van der Waals surface area contributed by atoms with Crippen LogP contribution in [-0.4, -0.2) is 6.54 Å². The number of nitrogens with two attached hydrogens (primary N) is 1. The van der Waals surface area contributed by atoms with Crippen molar-refractivity contribution < 1.29 is 0 Å². The van der Waals surface area contributed by atoms with Gasteiger partial charge in [0.15, 0.2) is 0 Å². The van der Waals surface area contributed by atoms with E-state index in [1.807, 2.05) is 0 Å². The molecule has 0 radical (unpaired) electrons. The Kier molecular flexibility index (Phi) is 20.9. The predicted octanol–water partition coefficient (Wildman–Crippen LogP) is 7.48. The summed E-state index contributed by atoms with van der Waals surface area (Å²) in [6.45, 7) is 12.4. The van der Waals surface area contributed by atoms with E-state index in [1.165, 1.54) is 89.9 Å². The van der Waals surface area contributed by atoms with Gasteiger partial charge in [-0.05, 0) is 24.8 Å². The third-order valence-electron chi connectivity index (χ3n) is 4.09. The lowest BCUT2D eigenvalue weighted by Crippen LogP contribution is -2.03. The van der Waals surface area contributed by atoms with Gasteiger partial charge in [0.05, 0.1) is 0 Å². The summed E-state index contributed by atoms with van der Waals surface area (Å²) in [6, 6.07) is 0. The van der Waals surface area contributed by atoms with Gasteiger partial charge in [0, 0.05) is 0 Å². The van der Waals surface area contributed by atoms with Crippen LogP contribution in [0.1, 0.15) is 125 Å². The average Bonchev–Trinajstić information content (AvgIpc) is 2.46. The van der Waals surface area contributed by atoms with Gasteiger partial charge in [0.1, 0.15) is 0 Å². The van der Waals surface area contributed by atoms with E-state index in [0.29, 0.717) is 5.41 Å². The van der Waals surface area contributed by atoms with E-state index in [9.17, 15) is 0 Å². The van der Waals surface area contributed by atoms with Crippen molar-refractivity contribution in [3.05, 3.63) is 0 Å². The Balaban J connectivity index is 0. The Bertz CT molecular complexity index is 173. The fourth-order valence-electron chi connectivity index (χ4n) is 2.54. The lowest BCUT2D eigenvalue weighted by molar-refractivity contribution is 0.357. The van der Waals surface area contributed by atoms with Crippen LogP contribution in [0.15, 0.2) is 0 Å². The van der Waals surface area contributed by atoms with Crippen molar-refractivity contribution in [2.75, 3.05) is 6.54 Å². The zero-order chi connectivity index (χ0) is 17.1. The highest BCUT2D eigenvalue weighted by Crippen LogP contribution is 2.22. The quantitative estimate of drug-likeness (QED) is 0.350. The Morgan fingerprint density at radius 1 is 0.545 bits per heavy atom. The van der Waals surface area contributed by atoms with Crippen molar-refractivity contribution in [3.8, 4) is 0 Å². The first kappa shape index (κ1) is 24.2. The summed E-state index contributed by atoms with van der Waals surface area (Å²) < 4.78 is 0. The molecule has 0 aromatic rings. The molecule has 0 spiro atoms. The van der Waals surface area contributed by atoms with E-state index in [-0.39, 0.29) is 0 Å². The number of unbranched alkanes of at least 4 members (excludes halogenated alkanes) is 11. The monoisotopic (exact) mass is 313 g/mol. The third kappa shape index (κ3) is 28.2. The third-order valence-corrected chi connectivity index (χ3v) is 4.09. The summed E-state index contributed by atoms with van der Waals surface area (Å²) >= 11 is 0. The predicted molar refractivity (Wildman–Crippen MR) is 104 cm³/mol. The molecule has 0 aromatic heterocycles. The number of hydrogen-bond donors (Lipinski definition) is 1. The molecule has 22 heavy (non-hydrogen) atoms. The second kappa shape index (κ2) is 19.0. The molecule has 0 saturated heterocycles. The minimum atomic E-state index is 0.548. The Morgan fingerprint density at radius 3 is 1.27 bits per heavy atom. The van der Waals surface area contributed by atoms with Crippen molar-refractivity contribution >= 4 is 0 Å². The topological polar surface area (TPSA) is 26.0 Å². The van der Waals surface area contributed by atoms with Crippen LogP contribution in [-0.2, 0) is 0 Å². The van der Waals surface area contributed by atoms with Gasteiger partial charge in [-0.25, -0.2) is 0 Å². The molecule has 1 heteroatoms. The van der Waals surface area contributed by atoms with E-state index < -0.39 is 0 Å². The highest BCUT2D eigenvalue weighted by Gasteiger charge is 2.08. The van der Waals surface area contributed by atoms with Gasteiger partial charge < -0.3 is 5.73 Å². The molecule has 0 amide bonds. The molecular weight excluding hydrogens is 266 g/mol. The zero-order valence-electron chi connectivity index (χ0n) is 16.7. The summed E-state index contributed by atoms with van der Waals surface area (Å²) in [4.78, 5) is 0. The van der Waals surface area contributed by atoms with Crippen molar-refractivity contribution in [1.82, 2.24) is 0 Å². The van der Waals surface area contributed by atoms with Crippen molar-refractivity contribution in [2.45, 2.75) is 125 Å². The molecular formula is C21H47N. The van der Waals surface area contributed by atoms with Gasteiger partial charge in [-0.1, -0.05) is 112 Å².